The van der Waals surface area contributed by atoms with E-state index in [9.17, 15) is 38.7 Å². The zero-order valence-corrected chi connectivity index (χ0v) is 31.5. The third-order valence-electron chi connectivity index (χ3n) is 10.4. The van der Waals surface area contributed by atoms with Crippen molar-refractivity contribution < 1.29 is 38.7 Å². The van der Waals surface area contributed by atoms with Crippen molar-refractivity contribution >= 4 is 47.4 Å². The van der Waals surface area contributed by atoms with Crippen LogP contribution in [0.4, 0.5) is 0 Å². The van der Waals surface area contributed by atoms with E-state index in [0.717, 1.165) is 0 Å². The van der Waals surface area contributed by atoms with Gasteiger partial charge >= 0.3 is 5.97 Å². The molecule has 3 heterocycles. The molecule has 3 aliphatic rings. The Kier molecular flexibility index (Phi) is 16.3. The van der Waals surface area contributed by atoms with E-state index >= 15 is 0 Å². The lowest BCUT2D eigenvalue weighted by Gasteiger charge is -2.33. The van der Waals surface area contributed by atoms with Crippen molar-refractivity contribution in [1.82, 2.24) is 36.0 Å². The molecule has 0 aromatic carbocycles. The zero-order chi connectivity index (χ0) is 39.4. The molecule has 10 N–H and O–H groups in total. The van der Waals surface area contributed by atoms with Crippen LogP contribution >= 0.6 is 0 Å². The third-order valence-corrected chi connectivity index (χ3v) is 10.4. The van der Waals surface area contributed by atoms with Crippen LogP contribution < -0.4 is 32.7 Å². The van der Waals surface area contributed by atoms with Crippen molar-refractivity contribution in [3.8, 4) is 0 Å². The molecule has 0 aromatic rings. The Morgan fingerprint density at radius 3 is 1.91 bits per heavy atom. The summed E-state index contributed by atoms with van der Waals surface area (Å²) in [6.45, 7) is 8.35. The second-order valence-corrected chi connectivity index (χ2v) is 14.8. The van der Waals surface area contributed by atoms with Crippen LogP contribution in [0.15, 0.2) is 0 Å². The second kappa shape index (κ2) is 20.1. The molecular weight excluding hydrogens is 688 g/mol. The SMILES string of the molecule is CC[C@H](C)[C@H](NC(=O)[C@@H]1CCCN1C(=O)[C@@H](N)CC(C)C)C(=O)N1CCC[C@H]1C(=O)N[C@@H](CCCNC(=N)N)C(=O)NCC(=O)N1CCC[C@H]1C(=O)O. The summed E-state index contributed by atoms with van der Waals surface area (Å²) in [6, 6.07) is -5.47. The van der Waals surface area contributed by atoms with E-state index in [2.05, 4.69) is 21.3 Å². The van der Waals surface area contributed by atoms with Crippen LogP contribution in [0.2, 0.25) is 0 Å². The lowest BCUT2D eigenvalue weighted by atomic mass is 9.96. The smallest absolute Gasteiger partial charge is 0.326 e. The van der Waals surface area contributed by atoms with Crippen LogP contribution in [0.1, 0.15) is 91.9 Å². The monoisotopic (exact) mass is 748 g/mol. The van der Waals surface area contributed by atoms with Gasteiger partial charge in [-0.25, -0.2) is 4.79 Å². The number of carboxylic acids is 1. The summed E-state index contributed by atoms with van der Waals surface area (Å²) < 4.78 is 0. The average molecular weight is 749 g/mol. The van der Waals surface area contributed by atoms with E-state index in [-0.39, 0.29) is 49.8 Å². The molecular formula is C35H60N10O8. The maximum absolute atomic E-state index is 14.2. The number of nitrogens with zero attached hydrogens (tertiary/aromatic N) is 3. The first-order valence-corrected chi connectivity index (χ1v) is 18.9. The van der Waals surface area contributed by atoms with Crippen LogP contribution in [-0.2, 0) is 33.6 Å². The number of hydrogen-bond acceptors (Lipinski definition) is 9. The fourth-order valence-corrected chi connectivity index (χ4v) is 7.31. The molecule has 6 amide bonds. The number of carboxylic acid groups (broad SMARTS) is 1. The highest BCUT2D eigenvalue weighted by atomic mass is 16.4. The van der Waals surface area contributed by atoms with Crippen LogP contribution in [0, 0.1) is 17.2 Å². The quantitative estimate of drug-likeness (QED) is 0.0469. The van der Waals surface area contributed by atoms with Crippen molar-refractivity contribution in [1.29, 1.82) is 5.41 Å². The first kappa shape index (κ1) is 42.9. The molecule has 3 saturated heterocycles. The molecule has 3 aliphatic heterocycles. The molecule has 0 saturated carbocycles. The predicted octanol–water partition coefficient (Wildman–Crippen LogP) is -1.19. The Labute approximate surface area is 311 Å². The van der Waals surface area contributed by atoms with Gasteiger partial charge in [0.2, 0.25) is 35.4 Å². The Bertz CT molecular complexity index is 1360. The molecule has 0 bridgehead atoms. The van der Waals surface area contributed by atoms with Crippen molar-refractivity contribution in [2.75, 3.05) is 32.7 Å². The molecule has 18 nitrogen and oxygen atoms in total. The Hall–Kier alpha value is -4.48. The van der Waals surface area contributed by atoms with Gasteiger partial charge in [0.15, 0.2) is 5.96 Å². The van der Waals surface area contributed by atoms with Gasteiger partial charge in [0.05, 0.1) is 12.6 Å². The standard InChI is InChI=1S/C35H60N10O8/c1-5-21(4)28(42-31(49)25-12-7-16-44(25)32(50)22(36)18-20(2)3)33(51)45-17-8-11-24(45)30(48)41-23(10-6-14-39-35(37)38)29(47)40-19-27(46)43-15-9-13-26(43)34(52)53/h20-26,28H,5-19,36H2,1-4H3,(H,40,47)(H,41,48)(H,42,49)(H,52,53)(H4,37,38,39)/t21-,22-,23-,24-,25-,26-,28-/m0/s1. The minimum Gasteiger partial charge on any atom is -0.480 e. The summed E-state index contributed by atoms with van der Waals surface area (Å²) >= 11 is 0. The molecule has 3 rings (SSSR count). The summed E-state index contributed by atoms with van der Waals surface area (Å²) in [6.07, 6.45) is 4.21. The minimum absolute atomic E-state index is 0.108. The third kappa shape index (κ3) is 11.8. The topological polar surface area (TPSA) is 273 Å². The van der Waals surface area contributed by atoms with Crippen molar-refractivity contribution in [3.05, 3.63) is 0 Å². The summed E-state index contributed by atoms with van der Waals surface area (Å²) in [5, 5.41) is 27.6. The van der Waals surface area contributed by atoms with Gasteiger partial charge in [-0.2, -0.15) is 0 Å². The molecule has 3 fully saturated rings. The predicted molar refractivity (Wildman–Crippen MR) is 195 cm³/mol. The molecule has 0 aliphatic carbocycles. The molecule has 7 atom stereocenters. The number of amides is 6. The molecule has 53 heavy (non-hydrogen) atoms. The highest BCUT2D eigenvalue weighted by Crippen LogP contribution is 2.24. The van der Waals surface area contributed by atoms with Crippen LogP contribution in [-0.4, -0.2) is 136 Å². The van der Waals surface area contributed by atoms with Crippen molar-refractivity contribution in [2.24, 2.45) is 23.3 Å². The number of carbonyl (C=O) groups is 7. The summed E-state index contributed by atoms with van der Waals surface area (Å²) in [5.41, 5.74) is 11.5. The molecule has 298 valence electrons. The highest BCUT2D eigenvalue weighted by Gasteiger charge is 2.43. The van der Waals surface area contributed by atoms with Gasteiger partial charge in [0, 0.05) is 26.2 Å². The molecule has 0 unspecified atom stereocenters. The largest absolute Gasteiger partial charge is 0.480 e. The van der Waals surface area contributed by atoms with Gasteiger partial charge in [0.1, 0.15) is 30.2 Å². The summed E-state index contributed by atoms with van der Waals surface area (Å²) in [5.74, 6) is -4.44. The number of nitrogens with two attached hydrogens (primary N) is 2. The Morgan fingerprint density at radius 2 is 1.36 bits per heavy atom. The van der Waals surface area contributed by atoms with Gasteiger partial charge in [-0.3, -0.25) is 34.2 Å². The second-order valence-electron chi connectivity index (χ2n) is 14.8. The highest BCUT2D eigenvalue weighted by molar-refractivity contribution is 5.97. The lowest BCUT2D eigenvalue weighted by molar-refractivity contribution is -0.148. The number of likely N-dealkylation sites (tertiary alicyclic amines) is 3. The number of aliphatic carboxylic acids is 1. The van der Waals surface area contributed by atoms with E-state index in [1.165, 1.54) is 14.7 Å². The van der Waals surface area contributed by atoms with Gasteiger partial charge in [0.25, 0.3) is 0 Å². The van der Waals surface area contributed by atoms with Crippen LogP contribution in [0.25, 0.3) is 0 Å². The average Bonchev–Trinajstić information content (AvgIpc) is 3.90. The number of nitrogens with one attached hydrogen (secondary N) is 5. The fourth-order valence-electron chi connectivity index (χ4n) is 7.31. The van der Waals surface area contributed by atoms with Crippen LogP contribution in [0.3, 0.4) is 0 Å². The summed E-state index contributed by atoms with van der Waals surface area (Å²) in [7, 11) is 0. The molecule has 0 aromatic heterocycles. The molecule has 18 heteroatoms. The number of rotatable bonds is 18. The molecule has 0 radical (unpaired) electrons. The van der Waals surface area contributed by atoms with Gasteiger partial charge in [-0.05, 0) is 69.6 Å². The van der Waals surface area contributed by atoms with E-state index < -0.39 is 78.3 Å². The normalized spacial score (nSPS) is 22.2. The zero-order valence-electron chi connectivity index (χ0n) is 31.5. The lowest BCUT2D eigenvalue weighted by Crippen LogP contribution is -2.59. The summed E-state index contributed by atoms with van der Waals surface area (Å²) in [4.78, 5) is 96.7. The number of carbonyl (C=O) groups excluding carboxylic acids is 6. The van der Waals surface area contributed by atoms with Crippen LogP contribution in [0.5, 0.6) is 0 Å². The molecule has 0 spiro atoms. The van der Waals surface area contributed by atoms with Crippen molar-refractivity contribution in [3.63, 3.8) is 0 Å². The van der Waals surface area contributed by atoms with E-state index in [1.807, 2.05) is 27.7 Å². The Balaban J connectivity index is 1.71. The number of guanidine groups is 1. The van der Waals surface area contributed by atoms with Gasteiger partial charge in [-0.15, -0.1) is 0 Å². The first-order chi connectivity index (χ1) is 25.1. The Morgan fingerprint density at radius 1 is 0.811 bits per heavy atom. The van der Waals surface area contributed by atoms with Gasteiger partial charge in [-0.1, -0.05) is 34.1 Å². The first-order valence-electron chi connectivity index (χ1n) is 18.9. The van der Waals surface area contributed by atoms with E-state index in [1.54, 1.807) is 0 Å². The van der Waals surface area contributed by atoms with E-state index in [0.29, 0.717) is 64.3 Å². The number of hydrogen-bond donors (Lipinski definition) is 8. The minimum atomic E-state index is -1.12. The maximum Gasteiger partial charge on any atom is 0.326 e. The fraction of sp³-hybridized carbons (Fsp3) is 0.771. The van der Waals surface area contributed by atoms with Gasteiger partial charge < -0.3 is 52.5 Å². The van der Waals surface area contributed by atoms with Crippen molar-refractivity contribution in [2.45, 2.75) is 128 Å². The maximum atomic E-state index is 14.2. The van der Waals surface area contributed by atoms with E-state index in [4.69, 9.17) is 16.9 Å².